The van der Waals surface area contributed by atoms with Crippen LogP contribution in [0.5, 0.6) is 0 Å². The van der Waals surface area contributed by atoms with Gasteiger partial charge in [-0.3, -0.25) is 0 Å². The first-order chi connectivity index (χ1) is 8.22. The van der Waals surface area contributed by atoms with Crippen molar-refractivity contribution in [1.29, 1.82) is 0 Å². The van der Waals surface area contributed by atoms with Crippen molar-refractivity contribution in [2.45, 2.75) is 46.2 Å². The summed E-state index contributed by atoms with van der Waals surface area (Å²) in [5.74, 6) is 0. The van der Waals surface area contributed by atoms with Crippen LogP contribution in [-0.2, 0) is 6.16 Å². The summed E-state index contributed by atoms with van der Waals surface area (Å²) < 4.78 is 0. The molecule has 0 spiro atoms. The highest BCUT2D eigenvalue weighted by Crippen LogP contribution is 2.55. The van der Waals surface area contributed by atoms with E-state index in [0.29, 0.717) is 0 Å². The maximum absolute atomic E-state index is 6.64. The van der Waals surface area contributed by atoms with Crippen molar-refractivity contribution in [2.24, 2.45) is 0 Å². The van der Waals surface area contributed by atoms with Crippen LogP contribution < -0.4 is 0 Å². The summed E-state index contributed by atoms with van der Waals surface area (Å²) in [6.45, 7) is 6.69. The van der Waals surface area contributed by atoms with Crippen molar-refractivity contribution in [3.8, 4) is 0 Å². The fraction of sp³-hybridized carbons (Fsp3) is 0.467. The second-order valence-corrected chi connectivity index (χ2v) is 6.92. The lowest BCUT2D eigenvalue weighted by Crippen LogP contribution is -1.89. The largest absolute Gasteiger partial charge is 0.0912 e. The quantitative estimate of drug-likeness (QED) is 0.531. The van der Waals surface area contributed by atoms with E-state index in [-0.39, 0.29) is 0 Å². The SMILES string of the molecule is CCC(CC)=C(CC)P(Cl)Cc1ccccc1. The van der Waals surface area contributed by atoms with E-state index in [4.69, 9.17) is 11.2 Å². The standard InChI is InChI=1S/C15H22ClP/c1-4-14(5-2)15(6-3)17(16)12-13-10-8-7-9-11-13/h7-11H,4-6,12H2,1-3H3. The normalized spacial score (nSPS) is 12.2. The second-order valence-electron chi connectivity index (χ2n) is 4.12. The van der Waals surface area contributed by atoms with Crippen LogP contribution in [0.25, 0.3) is 0 Å². The predicted octanol–water partition coefficient (Wildman–Crippen LogP) is 6.31. The molecule has 94 valence electrons. The Labute approximate surface area is 112 Å². The van der Waals surface area contributed by atoms with Crippen LogP contribution in [0.3, 0.4) is 0 Å². The number of allylic oxidation sites excluding steroid dienone is 2. The average molecular weight is 269 g/mol. The van der Waals surface area contributed by atoms with Gasteiger partial charge in [0.25, 0.3) is 0 Å². The fourth-order valence-electron chi connectivity index (χ4n) is 2.09. The van der Waals surface area contributed by atoms with Crippen LogP contribution in [-0.4, -0.2) is 0 Å². The summed E-state index contributed by atoms with van der Waals surface area (Å²) in [7, 11) is -0.520. The minimum atomic E-state index is -0.520. The van der Waals surface area contributed by atoms with Crippen molar-refractivity contribution < 1.29 is 0 Å². The zero-order valence-corrected chi connectivity index (χ0v) is 12.7. The van der Waals surface area contributed by atoms with Crippen molar-refractivity contribution in [1.82, 2.24) is 0 Å². The lowest BCUT2D eigenvalue weighted by molar-refractivity contribution is 0.944. The van der Waals surface area contributed by atoms with Gasteiger partial charge in [-0.15, -0.1) is 0 Å². The molecule has 1 unspecified atom stereocenters. The highest BCUT2D eigenvalue weighted by Gasteiger charge is 2.13. The molecule has 0 radical (unpaired) electrons. The third kappa shape index (κ3) is 4.45. The molecule has 0 bridgehead atoms. The molecule has 1 atom stereocenters. The third-order valence-corrected chi connectivity index (χ3v) is 5.89. The Bertz CT molecular complexity index is 350. The molecule has 0 aromatic heterocycles. The van der Waals surface area contributed by atoms with E-state index in [0.717, 1.165) is 25.4 Å². The molecule has 0 aliphatic rings. The first-order valence-electron chi connectivity index (χ1n) is 6.41. The molecular formula is C15H22ClP. The fourth-order valence-corrected chi connectivity index (χ4v) is 4.95. The van der Waals surface area contributed by atoms with Crippen LogP contribution in [0, 0.1) is 0 Å². The highest BCUT2D eigenvalue weighted by molar-refractivity contribution is 7.86. The molecule has 2 heteroatoms. The number of halogens is 1. The lowest BCUT2D eigenvalue weighted by Gasteiger charge is -2.17. The van der Waals surface area contributed by atoms with Gasteiger partial charge in [-0.1, -0.05) is 67.9 Å². The van der Waals surface area contributed by atoms with Gasteiger partial charge in [0.05, 0.1) is 0 Å². The Morgan fingerprint density at radius 2 is 1.59 bits per heavy atom. The Hall–Kier alpha value is -0.320. The molecule has 0 fully saturated rings. The number of benzene rings is 1. The van der Waals surface area contributed by atoms with Crippen LogP contribution in [0.4, 0.5) is 0 Å². The van der Waals surface area contributed by atoms with Crippen LogP contribution in [0.1, 0.15) is 45.6 Å². The van der Waals surface area contributed by atoms with Crippen molar-refractivity contribution >= 4 is 18.5 Å². The molecule has 1 aromatic carbocycles. The molecular weight excluding hydrogens is 247 g/mol. The summed E-state index contributed by atoms with van der Waals surface area (Å²) in [4.78, 5) is 0. The van der Waals surface area contributed by atoms with Gasteiger partial charge in [-0.05, 0) is 30.1 Å². The van der Waals surface area contributed by atoms with E-state index in [9.17, 15) is 0 Å². The van der Waals surface area contributed by atoms with E-state index < -0.39 is 7.27 Å². The summed E-state index contributed by atoms with van der Waals surface area (Å²) in [6.07, 6.45) is 4.38. The minimum absolute atomic E-state index is 0.520. The number of hydrogen-bond acceptors (Lipinski definition) is 0. The summed E-state index contributed by atoms with van der Waals surface area (Å²) in [6, 6.07) is 10.6. The number of rotatable bonds is 6. The molecule has 0 saturated heterocycles. The lowest BCUT2D eigenvalue weighted by atomic mass is 10.1. The summed E-state index contributed by atoms with van der Waals surface area (Å²) in [5.41, 5.74) is 2.91. The maximum Gasteiger partial charge on any atom is 0.0215 e. The van der Waals surface area contributed by atoms with E-state index in [2.05, 4.69) is 51.1 Å². The monoisotopic (exact) mass is 268 g/mol. The molecule has 1 aromatic rings. The van der Waals surface area contributed by atoms with Gasteiger partial charge in [-0.25, -0.2) is 0 Å². The van der Waals surface area contributed by atoms with Crippen LogP contribution in [0.2, 0.25) is 0 Å². The first kappa shape index (κ1) is 14.7. The van der Waals surface area contributed by atoms with Gasteiger partial charge >= 0.3 is 0 Å². The Morgan fingerprint density at radius 3 is 2.06 bits per heavy atom. The topological polar surface area (TPSA) is 0 Å². The van der Waals surface area contributed by atoms with Gasteiger partial charge in [0, 0.05) is 13.4 Å². The first-order valence-corrected chi connectivity index (χ1v) is 8.84. The molecule has 0 amide bonds. The zero-order chi connectivity index (χ0) is 12.7. The van der Waals surface area contributed by atoms with E-state index in [1.165, 1.54) is 10.9 Å². The van der Waals surface area contributed by atoms with Gasteiger partial charge in [0.2, 0.25) is 0 Å². The van der Waals surface area contributed by atoms with E-state index >= 15 is 0 Å². The Balaban J connectivity index is 2.80. The maximum atomic E-state index is 6.64. The summed E-state index contributed by atoms with van der Waals surface area (Å²) >= 11 is 6.64. The second kappa shape index (κ2) is 7.90. The van der Waals surface area contributed by atoms with Gasteiger partial charge in [0.1, 0.15) is 0 Å². The highest BCUT2D eigenvalue weighted by atomic mass is 35.7. The third-order valence-electron chi connectivity index (χ3n) is 3.05. The molecule has 0 nitrogen and oxygen atoms in total. The molecule has 0 saturated carbocycles. The van der Waals surface area contributed by atoms with Crippen LogP contribution in [0.15, 0.2) is 41.2 Å². The predicted molar refractivity (Wildman–Crippen MR) is 80.8 cm³/mol. The Morgan fingerprint density at radius 1 is 1.00 bits per heavy atom. The van der Waals surface area contributed by atoms with Crippen LogP contribution >= 0.6 is 18.5 Å². The zero-order valence-electron chi connectivity index (χ0n) is 11.0. The molecule has 0 N–H and O–H groups in total. The van der Waals surface area contributed by atoms with Crippen molar-refractivity contribution in [2.75, 3.05) is 0 Å². The molecule has 0 aliphatic carbocycles. The van der Waals surface area contributed by atoms with E-state index in [1.807, 2.05) is 0 Å². The molecule has 0 aliphatic heterocycles. The average Bonchev–Trinajstić information content (AvgIpc) is 2.36. The smallest absolute Gasteiger partial charge is 0.0215 e. The van der Waals surface area contributed by atoms with Crippen molar-refractivity contribution in [3.63, 3.8) is 0 Å². The number of hydrogen-bond donors (Lipinski definition) is 0. The van der Waals surface area contributed by atoms with Gasteiger partial charge in [0.15, 0.2) is 0 Å². The minimum Gasteiger partial charge on any atom is -0.0912 e. The van der Waals surface area contributed by atoms with Gasteiger partial charge < -0.3 is 0 Å². The Kier molecular flexibility index (Phi) is 6.85. The van der Waals surface area contributed by atoms with Gasteiger partial charge in [-0.2, -0.15) is 0 Å². The summed E-state index contributed by atoms with van der Waals surface area (Å²) in [5, 5.41) is 1.51. The molecule has 17 heavy (non-hydrogen) atoms. The molecule has 1 rings (SSSR count). The van der Waals surface area contributed by atoms with Crippen molar-refractivity contribution in [3.05, 3.63) is 46.8 Å². The van der Waals surface area contributed by atoms with E-state index in [1.54, 1.807) is 5.57 Å². The molecule has 0 heterocycles.